The van der Waals surface area contributed by atoms with Crippen LogP contribution >= 0.6 is 0 Å². The van der Waals surface area contributed by atoms with E-state index in [2.05, 4.69) is 112 Å². The van der Waals surface area contributed by atoms with Crippen LogP contribution < -0.4 is 4.74 Å². The van der Waals surface area contributed by atoms with E-state index in [0.717, 1.165) is 25.3 Å². The first kappa shape index (κ1) is 21.7. The molecule has 1 aliphatic rings. The minimum Gasteiger partial charge on any atom is -0.489 e. The summed E-state index contributed by atoms with van der Waals surface area (Å²) in [6.07, 6.45) is 1.16. The highest BCUT2D eigenvalue weighted by molar-refractivity contribution is 5.85. The van der Waals surface area contributed by atoms with Crippen molar-refractivity contribution in [2.24, 2.45) is 0 Å². The van der Waals surface area contributed by atoms with E-state index in [0.29, 0.717) is 5.92 Å². The van der Waals surface area contributed by atoms with Crippen molar-refractivity contribution >= 4 is 10.8 Å². The summed E-state index contributed by atoms with van der Waals surface area (Å²) in [5.41, 5.74) is 8.31. The lowest BCUT2D eigenvalue weighted by Gasteiger charge is -2.35. The normalized spacial score (nSPS) is 17.7. The molecule has 0 saturated carbocycles. The Bertz CT molecular complexity index is 1290. The Morgan fingerprint density at radius 3 is 2.42 bits per heavy atom. The number of fused-ring (bicyclic) bond motifs is 2. The molecule has 0 radical (unpaired) electrons. The predicted molar refractivity (Wildman–Crippen MR) is 138 cm³/mol. The number of hydrogen-bond acceptors (Lipinski definition) is 2. The van der Waals surface area contributed by atoms with E-state index in [1.165, 1.54) is 44.2 Å². The molecular weight excluding hydrogens is 402 g/mol. The lowest BCUT2D eigenvalue weighted by atomic mass is 9.80. The van der Waals surface area contributed by atoms with Gasteiger partial charge >= 0.3 is 0 Å². The van der Waals surface area contributed by atoms with Crippen LogP contribution in [0.25, 0.3) is 10.8 Å². The average Bonchev–Trinajstić information content (AvgIpc) is 2.82. The van der Waals surface area contributed by atoms with Gasteiger partial charge in [-0.25, -0.2) is 0 Å². The van der Waals surface area contributed by atoms with E-state index in [9.17, 15) is 0 Å². The second kappa shape index (κ2) is 9.03. The minimum atomic E-state index is 0.158. The molecule has 2 unspecified atom stereocenters. The molecule has 1 heterocycles. The Labute approximate surface area is 197 Å². The van der Waals surface area contributed by atoms with Crippen LogP contribution in [0.5, 0.6) is 5.75 Å². The molecule has 33 heavy (non-hydrogen) atoms. The molecular formula is C31H33NO. The zero-order valence-corrected chi connectivity index (χ0v) is 20.1. The number of rotatable bonds is 5. The molecule has 1 aliphatic heterocycles. The van der Waals surface area contributed by atoms with Crippen molar-refractivity contribution in [3.63, 3.8) is 0 Å². The van der Waals surface area contributed by atoms with Gasteiger partial charge < -0.3 is 4.74 Å². The topological polar surface area (TPSA) is 12.5 Å². The van der Waals surface area contributed by atoms with E-state index in [1.807, 2.05) is 0 Å². The fourth-order valence-corrected chi connectivity index (χ4v) is 5.39. The summed E-state index contributed by atoms with van der Waals surface area (Å²) in [6, 6.07) is 28.5. The van der Waals surface area contributed by atoms with Gasteiger partial charge in [0.25, 0.3) is 0 Å². The number of ether oxygens (including phenoxy) is 1. The van der Waals surface area contributed by atoms with Crippen molar-refractivity contribution in [3.05, 3.63) is 112 Å². The van der Waals surface area contributed by atoms with Gasteiger partial charge in [-0.05, 0) is 78.9 Å². The Balaban J connectivity index is 1.40. The van der Waals surface area contributed by atoms with Gasteiger partial charge in [0.05, 0.1) is 0 Å². The maximum Gasteiger partial charge on any atom is 0.123 e. The van der Waals surface area contributed by atoms with Crippen LogP contribution in [-0.4, -0.2) is 24.6 Å². The van der Waals surface area contributed by atoms with Crippen LogP contribution in [-0.2, 0) is 6.54 Å². The van der Waals surface area contributed by atoms with Gasteiger partial charge in [-0.1, -0.05) is 72.8 Å². The second-order valence-electron chi connectivity index (χ2n) is 9.62. The van der Waals surface area contributed by atoms with E-state index >= 15 is 0 Å². The van der Waals surface area contributed by atoms with Crippen LogP contribution in [0, 0.1) is 20.8 Å². The Morgan fingerprint density at radius 2 is 1.55 bits per heavy atom. The zero-order valence-electron chi connectivity index (χ0n) is 20.1. The largest absolute Gasteiger partial charge is 0.489 e. The van der Waals surface area contributed by atoms with Crippen molar-refractivity contribution in [2.75, 3.05) is 13.6 Å². The van der Waals surface area contributed by atoms with E-state index in [4.69, 9.17) is 4.74 Å². The van der Waals surface area contributed by atoms with Crippen LogP contribution in [0.1, 0.15) is 45.7 Å². The lowest BCUT2D eigenvalue weighted by molar-refractivity contribution is 0.118. The molecule has 0 spiro atoms. The van der Waals surface area contributed by atoms with Crippen molar-refractivity contribution in [2.45, 2.75) is 45.8 Å². The first-order valence-corrected chi connectivity index (χ1v) is 12.0. The SMILES string of the molecule is Cc1ccc(C2CC(CN(C)Cc3cccc4ccccc34)Oc3ccccc32)c(C)c1C. The number of likely N-dealkylation sites (N-methyl/N-ethyl adjacent to an activating group) is 1. The number of aryl methyl sites for hydroxylation is 1. The standard InChI is InChI=1S/C31H33NO/c1-21-16-17-27(23(3)22(21)2)30-18-26(33-31-15-8-7-14-29(30)31)20-32(4)19-25-12-9-11-24-10-5-6-13-28(24)25/h5-17,26,30H,18-20H2,1-4H3. The molecule has 4 aromatic carbocycles. The second-order valence-corrected chi connectivity index (χ2v) is 9.62. The van der Waals surface area contributed by atoms with Crippen LogP contribution in [0.2, 0.25) is 0 Å². The predicted octanol–water partition coefficient (Wildman–Crippen LogP) is 7.18. The summed E-state index contributed by atoms with van der Waals surface area (Å²) in [5, 5.41) is 2.64. The molecule has 168 valence electrons. The number of benzene rings is 4. The fraction of sp³-hybridized carbons (Fsp3) is 0.290. The molecule has 2 nitrogen and oxygen atoms in total. The molecule has 0 saturated heterocycles. The Kier molecular flexibility index (Phi) is 5.95. The van der Waals surface area contributed by atoms with Crippen LogP contribution in [0.4, 0.5) is 0 Å². The summed E-state index contributed by atoms with van der Waals surface area (Å²) < 4.78 is 6.53. The van der Waals surface area contributed by atoms with Gasteiger partial charge in [-0.2, -0.15) is 0 Å². The van der Waals surface area contributed by atoms with Gasteiger partial charge in [-0.15, -0.1) is 0 Å². The number of hydrogen-bond donors (Lipinski definition) is 0. The molecule has 0 bridgehead atoms. The first-order valence-electron chi connectivity index (χ1n) is 12.0. The molecule has 0 N–H and O–H groups in total. The Morgan fingerprint density at radius 1 is 0.788 bits per heavy atom. The molecule has 0 fully saturated rings. The third-order valence-corrected chi connectivity index (χ3v) is 7.40. The van der Waals surface area contributed by atoms with Gasteiger partial charge in [0, 0.05) is 24.6 Å². The average molecular weight is 436 g/mol. The van der Waals surface area contributed by atoms with Gasteiger partial charge in [0.15, 0.2) is 0 Å². The molecule has 2 atom stereocenters. The monoisotopic (exact) mass is 435 g/mol. The molecule has 5 rings (SSSR count). The highest BCUT2D eigenvalue weighted by Gasteiger charge is 2.31. The summed E-state index contributed by atoms with van der Waals surface area (Å²) in [5.74, 6) is 1.40. The lowest BCUT2D eigenvalue weighted by Crippen LogP contribution is -2.37. The third kappa shape index (κ3) is 4.28. The van der Waals surface area contributed by atoms with E-state index in [-0.39, 0.29) is 6.10 Å². The zero-order chi connectivity index (χ0) is 22.9. The summed E-state index contributed by atoms with van der Waals surface area (Å²) >= 11 is 0. The smallest absolute Gasteiger partial charge is 0.123 e. The number of para-hydroxylation sites is 1. The van der Waals surface area contributed by atoms with E-state index in [1.54, 1.807) is 0 Å². The summed E-state index contributed by atoms with van der Waals surface area (Å²) in [7, 11) is 2.21. The molecule has 0 aromatic heterocycles. The van der Waals surface area contributed by atoms with Gasteiger partial charge in [0.1, 0.15) is 11.9 Å². The van der Waals surface area contributed by atoms with Gasteiger partial charge in [0.2, 0.25) is 0 Å². The van der Waals surface area contributed by atoms with Crippen molar-refractivity contribution in [3.8, 4) is 5.75 Å². The Hall–Kier alpha value is -3.10. The fourth-order valence-electron chi connectivity index (χ4n) is 5.39. The summed E-state index contributed by atoms with van der Waals surface area (Å²) in [6.45, 7) is 8.54. The van der Waals surface area contributed by atoms with Crippen LogP contribution in [0.3, 0.4) is 0 Å². The summed E-state index contributed by atoms with van der Waals surface area (Å²) in [4.78, 5) is 2.41. The van der Waals surface area contributed by atoms with E-state index < -0.39 is 0 Å². The molecule has 0 amide bonds. The minimum absolute atomic E-state index is 0.158. The highest BCUT2D eigenvalue weighted by Crippen LogP contribution is 2.42. The molecule has 0 aliphatic carbocycles. The highest BCUT2D eigenvalue weighted by atomic mass is 16.5. The molecule has 2 heteroatoms. The van der Waals surface area contributed by atoms with Gasteiger partial charge in [-0.3, -0.25) is 4.90 Å². The number of nitrogens with zero attached hydrogens (tertiary/aromatic N) is 1. The van der Waals surface area contributed by atoms with Crippen molar-refractivity contribution < 1.29 is 4.74 Å². The van der Waals surface area contributed by atoms with Crippen LogP contribution in [0.15, 0.2) is 78.9 Å². The molecule has 4 aromatic rings. The van der Waals surface area contributed by atoms with Crippen molar-refractivity contribution in [1.82, 2.24) is 4.90 Å². The maximum atomic E-state index is 6.53. The van der Waals surface area contributed by atoms with Crippen molar-refractivity contribution in [1.29, 1.82) is 0 Å². The third-order valence-electron chi connectivity index (χ3n) is 7.40. The maximum absolute atomic E-state index is 6.53. The first-order chi connectivity index (χ1) is 16.0. The quantitative estimate of drug-likeness (QED) is 0.329.